The Morgan fingerprint density at radius 3 is 2.83 bits per heavy atom. The predicted octanol–water partition coefficient (Wildman–Crippen LogP) is 2.67. The molecule has 5 heteroatoms. The van der Waals surface area contributed by atoms with Crippen LogP contribution in [-0.2, 0) is 11.2 Å². The first-order valence-electron chi connectivity index (χ1n) is 8.02. The lowest BCUT2D eigenvalue weighted by Gasteiger charge is -2.25. The lowest BCUT2D eigenvalue weighted by molar-refractivity contribution is -0.130. The first-order chi connectivity index (χ1) is 11.8. The molecule has 2 heterocycles. The van der Waals surface area contributed by atoms with Crippen LogP contribution in [0.3, 0.4) is 0 Å². The van der Waals surface area contributed by atoms with Gasteiger partial charge in [-0.05, 0) is 30.2 Å². The highest BCUT2D eigenvalue weighted by Gasteiger charge is 2.26. The minimum atomic E-state index is -0.608. The van der Waals surface area contributed by atoms with Gasteiger partial charge < -0.3 is 19.8 Å². The van der Waals surface area contributed by atoms with Crippen molar-refractivity contribution in [2.45, 2.75) is 12.5 Å². The molecular weight excluding hydrogens is 304 g/mol. The molecule has 24 heavy (non-hydrogen) atoms. The van der Waals surface area contributed by atoms with E-state index in [1.807, 2.05) is 42.6 Å². The van der Waals surface area contributed by atoms with E-state index < -0.39 is 6.10 Å². The Labute approximate surface area is 139 Å². The van der Waals surface area contributed by atoms with Gasteiger partial charge in [0.05, 0.1) is 0 Å². The Morgan fingerprint density at radius 1 is 1.12 bits per heavy atom. The molecule has 0 aliphatic carbocycles. The van der Waals surface area contributed by atoms with Crippen molar-refractivity contribution in [3.8, 4) is 11.5 Å². The highest BCUT2D eigenvalue weighted by molar-refractivity contribution is 5.84. The number of hydrogen-bond donors (Lipinski definition) is 2. The van der Waals surface area contributed by atoms with Crippen molar-refractivity contribution >= 4 is 16.8 Å². The van der Waals surface area contributed by atoms with Crippen LogP contribution in [0.5, 0.6) is 11.5 Å². The quantitative estimate of drug-likeness (QED) is 0.776. The first kappa shape index (κ1) is 14.6. The topological polar surface area (TPSA) is 63.4 Å². The van der Waals surface area contributed by atoms with Crippen molar-refractivity contribution < 1.29 is 14.3 Å². The molecule has 3 aromatic rings. The summed E-state index contributed by atoms with van der Waals surface area (Å²) in [5.74, 6) is 1.14. The van der Waals surface area contributed by atoms with Crippen molar-refractivity contribution in [1.82, 2.24) is 10.3 Å². The van der Waals surface area contributed by atoms with Crippen LogP contribution < -0.4 is 14.8 Å². The average molecular weight is 322 g/mol. The van der Waals surface area contributed by atoms with Gasteiger partial charge in [0.1, 0.15) is 6.61 Å². The van der Waals surface area contributed by atoms with E-state index in [-0.39, 0.29) is 12.5 Å². The third-order valence-corrected chi connectivity index (χ3v) is 4.17. The number of amides is 1. The fourth-order valence-electron chi connectivity index (χ4n) is 2.92. The Morgan fingerprint density at radius 2 is 1.92 bits per heavy atom. The maximum atomic E-state index is 12.3. The summed E-state index contributed by atoms with van der Waals surface area (Å²) in [6.45, 7) is 0.790. The summed E-state index contributed by atoms with van der Waals surface area (Å²) in [6.07, 6.45) is 2.15. The van der Waals surface area contributed by atoms with Crippen LogP contribution in [0.25, 0.3) is 10.9 Å². The van der Waals surface area contributed by atoms with Crippen LogP contribution in [0.2, 0.25) is 0 Å². The van der Waals surface area contributed by atoms with Gasteiger partial charge in [0, 0.05) is 23.6 Å². The molecule has 0 radical (unpaired) electrons. The number of H-pyrrole nitrogens is 1. The van der Waals surface area contributed by atoms with Crippen molar-refractivity contribution in [2.24, 2.45) is 0 Å². The van der Waals surface area contributed by atoms with Gasteiger partial charge in [-0.1, -0.05) is 30.3 Å². The monoisotopic (exact) mass is 322 g/mol. The number of rotatable bonds is 4. The van der Waals surface area contributed by atoms with Crippen LogP contribution in [0.1, 0.15) is 5.56 Å². The Hall–Kier alpha value is -2.95. The lowest BCUT2D eigenvalue weighted by atomic mass is 10.1. The third kappa shape index (κ3) is 2.80. The number of aromatic amines is 1. The second-order valence-corrected chi connectivity index (χ2v) is 5.76. The molecule has 0 spiro atoms. The standard InChI is InChI=1S/C19H18N2O3/c22-19(18-12-23-16-7-3-4-8-17(16)24-18)20-10-9-13-11-21-15-6-2-1-5-14(13)15/h1-8,11,18,21H,9-10,12H2,(H,20,22)/t18-/m1/s1. The summed E-state index contributed by atoms with van der Waals surface area (Å²) < 4.78 is 11.3. The zero-order chi connectivity index (χ0) is 16.4. The normalized spacial score (nSPS) is 16.1. The maximum Gasteiger partial charge on any atom is 0.264 e. The number of carbonyl (C=O) groups excluding carboxylic acids is 1. The van der Waals surface area contributed by atoms with Crippen LogP contribution in [0.15, 0.2) is 54.7 Å². The van der Waals surface area contributed by atoms with Crippen molar-refractivity contribution in [1.29, 1.82) is 0 Å². The molecule has 0 saturated carbocycles. The molecule has 2 N–H and O–H groups in total. The van der Waals surface area contributed by atoms with Crippen LogP contribution in [-0.4, -0.2) is 30.1 Å². The van der Waals surface area contributed by atoms with Gasteiger partial charge in [0.2, 0.25) is 6.10 Å². The zero-order valence-corrected chi connectivity index (χ0v) is 13.1. The van der Waals surface area contributed by atoms with E-state index in [4.69, 9.17) is 9.47 Å². The molecule has 1 atom stereocenters. The molecule has 1 aromatic heterocycles. The molecule has 2 aromatic carbocycles. The number of benzene rings is 2. The molecule has 0 unspecified atom stereocenters. The zero-order valence-electron chi connectivity index (χ0n) is 13.1. The minimum absolute atomic E-state index is 0.149. The van der Waals surface area contributed by atoms with Gasteiger partial charge in [-0.15, -0.1) is 0 Å². The predicted molar refractivity (Wildman–Crippen MR) is 91.4 cm³/mol. The molecule has 122 valence electrons. The largest absolute Gasteiger partial charge is 0.485 e. The van der Waals surface area contributed by atoms with Crippen LogP contribution in [0.4, 0.5) is 0 Å². The maximum absolute atomic E-state index is 12.3. The number of hydrogen-bond acceptors (Lipinski definition) is 3. The van der Waals surface area contributed by atoms with Gasteiger partial charge in [-0.3, -0.25) is 4.79 Å². The summed E-state index contributed by atoms with van der Waals surface area (Å²) >= 11 is 0. The number of aromatic nitrogens is 1. The number of para-hydroxylation sites is 3. The summed E-state index contributed by atoms with van der Waals surface area (Å²) in [4.78, 5) is 15.5. The van der Waals surface area contributed by atoms with Gasteiger partial charge in [-0.25, -0.2) is 0 Å². The van der Waals surface area contributed by atoms with E-state index in [0.29, 0.717) is 18.0 Å². The van der Waals surface area contributed by atoms with Crippen molar-refractivity contribution in [3.05, 3.63) is 60.3 Å². The van der Waals surface area contributed by atoms with Crippen LogP contribution in [0, 0.1) is 0 Å². The molecule has 0 fully saturated rings. The van der Waals surface area contributed by atoms with E-state index >= 15 is 0 Å². The fourth-order valence-corrected chi connectivity index (χ4v) is 2.92. The second kappa shape index (κ2) is 6.28. The SMILES string of the molecule is O=C(NCCc1c[nH]c2ccccc12)[C@H]1COc2ccccc2O1. The summed E-state index contributed by atoms with van der Waals surface area (Å²) in [5.41, 5.74) is 2.30. The second-order valence-electron chi connectivity index (χ2n) is 5.76. The van der Waals surface area contributed by atoms with E-state index in [2.05, 4.69) is 16.4 Å². The summed E-state index contributed by atoms with van der Waals surface area (Å²) in [5, 5.41) is 4.12. The molecule has 5 nitrogen and oxygen atoms in total. The number of nitrogens with one attached hydrogen (secondary N) is 2. The van der Waals surface area contributed by atoms with Crippen molar-refractivity contribution in [2.75, 3.05) is 13.2 Å². The highest BCUT2D eigenvalue weighted by atomic mass is 16.6. The Kier molecular flexibility index (Phi) is 3.83. The first-order valence-corrected chi connectivity index (χ1v) is 8.02. The molecule has 1 aliphatic heterocycles. The highest BCUT2D eigenvalue weighted by Crippen LogP contribution is 2.30. The summed E-state index contributed by atoms with van der Waals surface area (Å²) in [6, 6.07) is 15.5. The van der Waals surface area contributed by atoms with E-state index in [0.717, 1.165) is 11.9 Å². The lowest BCUT2D eigenvalue weighted by Crippen LogP contribution is -2.44. The van der Waals surface area contributed by atoms with Crippen LogP contribution >= 0.6 is 0 Å². The van der Waals surface area contributed by atoms with Gasteiger partial charge in [0.15, 0.2) is 11.5 Å². The molecule has 1 amide bonds. The number of fused-ring (bicyclic) bond motifs is 2. The number of carbonyl (C=O) groups is 1. The fraction of sp³-hybridized carbons (Fsp3) is 0.211. The van der Waals surface area contributed by atoms with E-state index in [1.54, 1.807) is 6.07 Å². The molecular formula is C19H18N2O3. The van der Waals surface area contributed by atoms with E-state index in [9.17, 15) is 4.79 Å². The number of ether oxygens (including phenoxy) is 2. The molecule has 0 saturated heterocycles. The van der Waals surface area contributed by atoms with Gasteiger partial charge in [0.25, 0.3) is 5.91 Å². The molecule has 1 aliphatic rings. The Balaban J connectivity index is 1.34. The third-order valence-electron chi connectivity index (χ3n) is 4.17. The molecule has 4 rings (SSSR count). The minimum Gasteiger partial charge on any atom is -0.485 e. The molecule has 0 bridgehead atoms. The smallest absolute Gasteiger partial charge is 0.264 e. The summed E-state index contributed by atoms with van der Waals surface area (Å²) in [7, 11) is 0. The average Bonchev–Trinajstić information content (AvgIpc) is 3.04. The Bertz CT molecular complexity index is 872. The van der Waals surface area contributed by atoms with Crippen molar-refractivity contribution in [3.63, 3.8) is 0 Å². The van der Waals surface area contributed by atoms with Gasteiger partial charge >= 0.3 is 0 Å². The van der Waals surface area contributed by atoms with E-state index in [1.165, 1.54) is 10.9 Å². The van der Waals surface area contributed by atoms with Gasteiger partial charge in [-0.2, -0.15) is 0 Å².